The van der Waals surface area contributed by atoms with Gasteiger partial charge in [0, 0.05) is 44.8 Å². The van der Waals surface area contributed by atoms with Crippen molar-refractivity contribution in [2.24, 2.45) is 5.73 Å². The van der Waals surface area contributed by atoms with E-state index in [1.807, 2.05) is 25.1 Å². The van der Waals surface area contributed by atoms with Crippen LogP contribution in [0.5, 0.6) is 0 Å². The van der Waals surface area contributed by atoms with E-state index >= 15 is 0 Å². The molecule has 0 aliphatic heterocycles. The molecule has 23 heavy (non-hydrogen) atoms. The Kier molecular flexibility index (Phi) is 6.67. The Morgan fingerprint density at radius 3 is 2.43 bits per heavy atom. The largest absolute Gasteiger partial charge is 0.372 e. The zero-order chi connectivity index (χ0) is 17.4. The predicted molar refractivity (Wildman–Crippen MR) is 90.0 cm³/mol. The monoisotopic (exact) mass is 315 g/mol. The van der Waals surface area contributed by atoms with Gasteiger partial charge in [-0.15, -0.1) is 0 Å². The van der Waals surface area contributed by atoms with Gasteiger partial charge in [0.05, 0.1) is 5.56 Å². The zero-order valence-electron chi connectivity index (χ0n) is 13.7. The number of rotatable bonds is 3. The number of aromatic nitrogens is 2. The van der Waals surface area contributed by atoms with Crippen LogP contribution < -0.4 is 11.1 Å². The fourth-order valence-electron chi connectivity index (χ4n) is 1.95. The number of carbonyl (C=O) groups is 2. The van der Waals surface area contributed by atoms with Crippen molar-refractivity contribution in [3.63, 3.8) is 0 Å². The third kappa shape index (κ3) is 4.77. The Morgan fingerprint density at radius 2 is 1.91 bits per heavy atom. The number of amides is 2. The summed E-state index contributed by atoms with van der Waals surface area (Å²) in [5.74, 6) is 0.507. The van der Waals surface area contributed by atoms with Gasteiger partial charge in [0.2, 0.25) is 6.41 Å². The first-order chi connectivity index (χ1) is 10.9. The van der Waals surface area contributed by atoms with Crippen molar-refractivity contribution in [2.75, 3.05) is 26.5 Å². The van der Waals surface area contributed by atoms with Gasteiger partial charge >= 0.3 is 0 Å². The van der Waals surface area contributed by atoms with E-state index in [9.17, 15) is 4.79 Å². The topological polar surface area (TPSA) is 101 Å². The standard InChI is InChI=1S/C15H18N4O.CH3NO/c1-10-7-11(5-6-17-10)12-8-13(15(20)19(3)4)14(16-2)18-9-12;2-1-3/h5-9H,1-4H3,(H,16,18);1H,(H2,2,3). The molecule has 2 aromatic heterocycles. The molecular formula is C16H21N5O2. The molecule has 0 atom stereocenters. The predicted octanol–water partition coefficient (Wildman–Crippen LogP) is 1.30. The van der Waals surface area contributed by atoms with Crippen molar-refractivity contribution in [1.29, 1.82) is 0 Å². The summed E-state index contributed by atoms with van der Waals surface area (Å²) < 4.78 is 0. The number of nitrogens with two attached hydrogens (primary N) is 1. The lowest BCUT2D eigenvalue weighted by atomic mass is 10.1. The summed E-state index contributed by atoms with van der Waals surface area (Å²) in [5, 5.41) is 2.95. The lowest BCUT2D eigenvalue weighted by Gasteiger charge is -2.14. The number of pyridine rings is 2. The van der Waals surface area contributed by atoms with Gasteiger partial charge in [-0.1, -0.05) is 0 Å². The molecule has 7 nitrogen and oxygen atoms in total. The summed E-state index contributed by atoms with van der Waals surface area (Å²) >= 11 is 0. The summed E-state index contributed by atoms with van der Waals surface area (Å²) in [5.41, 5.74) is 7.56. The van der Waals surface area contributed by atoms with Gasteiger partial charge in [0.25, 0.3) is 5.91 Å². The summed E-state index contributed by atoms with van der Waals surface area (Å²) in [6.45, 7) is 1.94. The maximum absolute atomic E-state index is 12.2. The van der Waals surface area contributed by atoms with Gasteiger partial charge in [0.1, 0.15) is 5.82 Å². The number of anilines is 1. The van der Waals surface area contributed by atoms with E-state index in [0.29, 0.717) is 11.4 Å². The van der Waals surface area contributed by atoms with Crippen molar-refractivity contribution in [3.05, 3.63) is 41.9 Å². The third-order valence-corrected chi connectivity index (χ3v) is 2.99. The van der Waals surface area contributed by atoms with Crippen molar-refractivity contribution in [2.45, 2.75) is 6.92 Å². The molecule has 2 aromatic rings. The molecule has 0 saturated heterocycles. The highest BCUT2D eigenvalue weighted by Crippen LogP contribution is 2.23. The van der Waals surface area contributed by atoms with Crippen LogP contribution in [0.15, 0.2) is 30.6 Å². The highest BCUT2D eigenvalue weighted by atomic mass is 16.2. The number of nitrogens with one attached hydrogen (secondary N) is 1. The first-order valence-electron chi connectivity index (χ1n) is 6.92. The second-order valence-corrected chi connectivity index (χ2v) is 4.89. The zero-order valence-corrected chi connectivity index (χ0v) is 13.7. The van der Waals surface area contributed by atoms with Crippen LogP contribution in [0.2, 0.25) is 0 Å². The SMILES string of the molecule is CNc1ncc(-c2ccnc(C)c2)cc1C(=O)N(C)C.NC=O. The molecule has 0 aromatic carbocycles. The Labute approximate surface area is 135 Å². The second kappa shape index (κ2) is 8.47. The second-order valence-electron chi connectivity index (χ2n) is 4.89. The molecule has 0 aliphatic carbocycles. The summed E-state index contributed by atoms with van der Waals surface area (Å²) in [6, 6.07) is 5.74. The van der Waals surface area contributed by atoms with E-state index in [4.69, 9.17) is 4.79 Å². The Hall–Kier alpha value is -2.96. The maximum Gasteiger partial charge on any atom is 0.257 e. The van der Waals surface area contributed by atoms with Gasteiger partial charge in [-0.05, 0) is 30.7 Å². The Morgan fingerprint density at radius 1 is 1.26 bits per heavy atom. The summed E-state index contributed by atoms with van der Waals surface area (Å²) in [6.07, 6.45) is 3.76. The highest BCUT2D eigenvalue weighted by Gasteiger charge is 2.15. The van der Waals surface area contributed by atoms with E-state index < -0.39 is 0 Å². The maximum atomic E-state index is 12.2. The van der Waals surface area contributed by atoms with Crippen molar-refractivity contribution >= 4 is 18.1 Å². The van der Waals surface area contributed by atoms with E-state index in [1.165, 1.54) is 0 Å². The Bertz CT molecular complexity index is 686. The minimum absolute atomic E-state index is 0.0746. The first kappa shape index (κ1) is 18.1. The van der Waals surface area contributed by atoms with Crippen molar-refractivity contribution < 1.29 is 9.59 Å². The molecule has 0 unspecified atom stereocenters. The fraction of sp³-hybridized carbons (Fsp3) is 0.250. The first-order valence-corrected chi connectivity index (χ1v) is 6.92. The van der Waals surface area contributed by atoms with Gasteiger partial charge in [-0.3, -0.25) is 14.6 Å². The molecule has 0 fully saturated rings. The quantitative estimate of drug-likeness (QED) is 0.831. The number of nitrogens with zero attached hydrogens (tertiary/aromatic N) is 3. The van der Waals surface area contributed by atoms with Gasteiger partial charge in [0.15, 0.2) is 0 Å². The normalized spacial score (nSPS) is 9.39. The number of carbonyl (C=O) groups excluding carboxylic acids is 2. The Balaban J connectivity index is 0.000000816. The van der Waals surface area contributed by atoms with E-state index in [2.05, 4.69) is 21.0 Å². The number of hydrogen-bond donors (Lipinski definition) is 2. The molecule has 0 saturated carbocycles. The van der Waals surface area contributed by atoms with E-state index in [-0.39, 0.29) is 12.3 Å². The minimum Gasteiger partial charge on any atom is -0.372 e. The van der Waals surface area contributed by atoms with Crippen LogP contribution in [-0.2, 0) is 4.79 Å². The lowest BCUT2D eigenvalue weighted by Crippen LogP contribution is -2.23. The molecule has 122 valence electrons. The van der Waals surface area contributed by atoms with Crippen LogP contribution in [-0.4, -0.2) is 48.3 Å². The highest BCUT2D eigenvalue weighted by molar-refractivity contribution is 5.99. The fourth-order valence-corrected chi connectivity index (χ4v) is 1.95. The third-order valence-electron chi connectivity index (χ3n) is 2.99. The molecule has 2 rings (SSSR count). The number of primary amides is 1. The average Bonchev–Trinajstić information content (AvgIpc) is 2.54. The number of aryl methyl sites for hydroxylation is 1. The molecule has 0 bridgehead atoms. The average molecular weight is 315 g/mol. The van der Waals surface area contributed by atoms with Gasteiger partial charge in [-0.2, -0.15) is 0 Å². The molecule has 0 spiro atoms. The van der Waals surface area contributed by atoms with Crippen LogP contribution in [0.25, 0.3) is 11.1 Å². The summed E-state index contributed by atoms with van der Waals surface area (Å²) in [4.78, 5) is 30.8. The minimum atomic E-state index is -0.0746. The molecular weight excluding hydrogens is 294 g/mol. The van der Waals surface area contributed by atoms with Gasteiger partial charge < -0.3 is 16.0 Å². The molecule has 3 N–H and O–H groups in total. The van der Waals surface area contributed by atoms with E-state index in [0.717, 1.165) is 16.8 Å². The molecule has 2 amide bonds. The molecule has 0 radical (unpaired) electrons. The van der Waals surface area contributed by atoms with Crippen LogP contribution in [0, 0.1) is 6.92 Å². The smallest absolute Gasteiger partial charge is 0.257 e. The molecule has 2 heterocycles. The number of hydrogen-bond acceptors (Lipinski definition) is 5. The molecule has 0 aliphatic rings. The van der Waals surface area contributed by atoms with Crippen LogP contribution in [0.1, 0.15) is 16.1 Å². The van der Waals surface area contributed by atoms with Crippen LogP contribution >= 0.6 is 0 Å². The van der Waals surface area contributed by atoms with Crippen molar-refractivity contribution in [1.82, 2.24) is 14.9 Å². The van der Waals surface area contributed by atoms with Crippen molar-refractivity contribution in [3.8, 4) is 11.1 Å². The lowest BCUT2D eigenvalue weighted by molar-refractivity contribution is -0.106. The molecule has 7 heteroatoms. The van der Waals surface area contributed by atoms with Crippen LogP contribution in [0.4, 0.5) is 5.82 Å². The summed E-state index contributed by atoms with van der Waals surface area (Å²) in [7, 11) is 5.21. The van der Waals surface area contributed by atoms with Gasteiger partial charge in [-0.25, -0.2) is 4.98 Å². The van der Waals surface area contributed by atoms with Crippen LogP contribution in [0.3, 0.4) is 0 Å². The van der Waals surface area contributed by atoms with E-state index in [1.54, 1.807) is 38.4 Å².